The topological polar surface area (TPSA) is 70.6 Å². The first-order valence-electron chi connectivity index (χ1n) is 10.1. The Bertz CT molecular complexity index is 1260. The van der Waals surface area contributed by atoms with Gasteiger partial charge in [0.05, 0.1) is 18.2 Å². The highest BCUT2D eigenvalue weighted by molar-refractivity contribution is 5.61. The van der Waals surface area contributed by atoms with Gasteiger partial charge in [-0.05, 0) is 63.9 Å². The van der Waals surface area contributed by atoms with Gasteiger partial charge in [0, 0.05) is 12.2 Å². The van der Waals surface area contributed by atoms with Crippen molar-refractivity contribution in [2.24, 2.45) is 0 Å². The summed E-state index contributed by atoms with van der Waals surface area (Å²) in [4.78, 5) is 2.29. The van der Waals surface area contributed by atoms with Crippen LogP contribution in [0, 0.1) is 17.1 Å². The molecule has 6 nitrogen and oxygen atoms in total. The van der Waals surface area contributed by atoms with E-state index in [1.165, 1.54) is 17.7 Å². The zero-order valence-electron chi connectivity index (χ0n) is 16.7. The summed E-state index contributed by atoms with van der Waals surface area (Å²) in [6.45, 7) is 1.25. The first-order chi connectivity index (χ1) is 15.2. The Balaban J connectivity index is 1.60. The predicted octanol–water partition coefficient (Wildman–Crippen LogP) is 3.88. The summed E-state index contributed by atoms with van der Waals surface area (Å²) in [5, 5.41) is 22.0. The zero-order chi connectivity index (χ0) is 21.2. The summed E-state index contributed by atoms with van der Waals surface area (Å²) in [6, 6.07) is 24.2. The molecule has 0 aliphatic carbocycles. The van der Waals surface area contributed by atoms with E-state index in [0.29, 0.717) is 17.9 Å². The Morgan fingerprint density at radius 1 is 1.03 bits per heavy atom. The first kappa shape index (κ1) is 18.9. The summed E-state index contributed by atoms with van der Waals surface area (Å²) < 4.78 is 15.1. The molecule has 4 aromatic rings. The molecule has 0 bridgehead atoms. The standard InChI is InChI=1S/C24H19FN6/c25-21-10-8-17(9-11-21)16-31-24(27-28-29-31)23(20-6-3-4-18(14-20)15-26)30-13-12-19-5-1-2-7-22(19)30/h1-11,14,23H,12-13,16H2/t23-/m1/s1. The zero-order valence-corrected chi connectivity index (χ0v) is 16.7. The van der Waals surface area contributed by atoms with Crippen LogP contribution >= 0.6 is 0 Å². The van der Waals surface area contributed by atoms with E-state index in [4.69, 9.17) is 0 Å². The SMILES string of the molecule is N#Cc1cccc([C@H](c2nnnn2Cc2ccc(F)cc2)N2CCc3ccccc32)c1. The summed E-state index contributed by atoms with van der Waals surface area (Å²) in [5.74, 6) is 0.400. The van der Waals surface area contributed by atoms with E-state index in [0.717, 1.165) is 29.8 Å². The van der Waals surface area contributed by atoms with Crippen molar-refractivity contribution in [1.29, 1.82) is 5.26 Å². The average molecular weight is 410 g/mol. The van der Waals surface area contributed by atoms with E-state index in [1.54, 1.807) is 22.9 Å². The Morgan fingerprint density at radius 2 is 1.87 bits per heavy atom. The lowest BCUT2D eigenvalue weighted by atomic mass is 10.0. The number of halogens is 1. The lowest BCUT2D eigenvalue weighted by Crippen LogP contribution is -2.30. The fourth-order valence-corrected chi connectivity index (χ4v) is 4.16. The molecule has 0 saturated heterocycles. The molecule has 3 aromatic carbocycles. The van der Waals surface area contributed by atoms with Gasteiger partial charge in [-0.25, -0.2) is 9.07 Å². The van der Waals surface area contributed by atoms with E-state index in [-0.39, 0.29) is 11.9 Å². The van der Waals surface area contributed by atoms with Crippen molar-refractivity contribution >= 4 is 5.69 Å². The van der Waals surface area contributed by atoms with Crippen LogP contribution in [0.25, 0.3) is 0 Å². The predicted molar refractivity (Wildman–Crippen MR) is 114 cm³/mol. The molecule has 1 atom stereocenters. The number of benzene rings is 3. The molecular formula is C24H19FN6. The van der Waals surface area contributed by atoms with Crippen LogP contribution in [-0.2, 0) is 13.0 Å². The Morgan fingerprint density at radius 3 is 2.71 bits per heavy atom. The molecule has 5 rings (SSSR count). The number of para-hydroxylation sites is 1. The van der Waals surface area contributed by atoms with Crippen LogP contribution < -0.4 is 4.90 Å². The van der Waals surface area contributed by atoms with Crippen molar-refractivity contribution in [2.45, 2.75) is 19.0 Å². The maximum absolute atomic E-state index is 13.3. The summed E-state index contributed by atoms with van der Waals surface area (Å²) >= 11 is 0. The Kier molecular flexibility index (Phi) is 4.89. The monoisotopic (exact) mass is 410 g/mol. The Labute approximate surface area is 179 Å². The summed E-state index contributed by atoms with van der Waals surface area (Å²) in [7, 11) is 0. The minimum Gasteiger partial charge on any atom is -0.357 e. The summed E-state index contributed by atoms with van der Waals surface area (Å²) in [5.41, 5.74) is 4.87. The van der Waals surface area contributed by atoms with Crippen LogP contribution in [0.4, 0.5) is 10.1 Å². The van der Waals surface area contributed by atoms with Crippen LogP contribution in [0.15, 0.2) is 72.8 Å². The second-order valence-electron chi connectivity index (χ2n) is 7.53. The molecule has 0 fully saturated rings. The molecule has 1 aliphatic rings. The molecule has 0 amide bonds. The number of fused-ring (bicyclic) bond motifs is 1. The molecule has 31 heavy (non-hydrogen) atoms. The normalized spacial score (nSPS) is 13.6. The fourth-order valence-electron chi connectivity index (χ4n) is 4.16. The second-order valence-corrected chi connectivity index (χ2v) is 7.53. The maximum Gasteiger partial charge on any atom is 0.178 e. The van der Waals surface area contributed by atoms with Crippen molar-refractivity contribution in [3.63, 3.8) is 0 Å². The average Bonchev–Trinajstić information content (AvgIpc) is 3.44. The molecule has 0 radical (unpaired) electrons. The van der Waals surface area contributed by atoms with Gasteiger partial charge in [-0.2, -0.15) is 5.26 Å². The lowest BCUT2D eigenvalue weighted by Gasteiger charge is -2.30. The van der Waals surface area contributed by atoms with E-state index in [2.05, 4.69) is 38.6 Å². The van der Waals surface area contributed by atoms with Crippen molar-refractivity contribution in [1.82, 2.24) is 20.2 Å². The molecule has 0 saturated carbocycles. The third kappa shape index (κ3) is 3.64. The third-order valence-electron chi connectivity index (χ3n) is 5.62. The van der Waals surface area contributed by atoms with Gasteiger partial charge < -0.3 is 4.90 Å². The number of nitrogens with zero attached hydrogens (tertiary/aromatic N) is 6. The molecule has 7 heteroatoms. The molecular weight excluding hydrogens is 391 g/mol. The van der Waals surface area contributed by atoms with Gasteiger partial charge in [0.15, 0.2) is 5.82 Å². The van der Waals surface area contributed by atoms with Gasteiger partial charge in [-0.3, -0.25) is 0 Å². The van der Waals surface area contributed by atoms with Gasteiger partial charge in [0.25, 0.3) is 0 Å². The van der Waals surface area contributed by atoms with Crippen LogP contribution in [0.3, 0.4) is 0 Å². The number of rotatable bonds is 5. The third-order valence-corrected chi connectivity index (χ3v) is 5.62. The molecule has 1 aliphatic heterocycles. The maximum atomic E-state index is 13.3. The van der Waals surface area contributed by atoms with Gasteiger partial charge >= 0.3 is 0 Å². The smallest absolute Gasteiger partial charge is 0.178 e. The van der Waals surface area contributed by atoms with Crippen molar-refractivity contribution < 1.29 is 4.39 Å². The van der Waals surface area contributed by atoms with Gasteiger partial charge in [0.2, 0.25) is 0 Å². The lowest BCUT2D eigenvalue weighted by molar-refractivity contribution is 0.577. The van der Waals surface area contributed by atoms with Crippen LogP contribution in [0.1, 0.15) is 34.1 Å². The second kappa shape index (κ2) is 8.00. The van der Waals surface area contributed by atoms with Crippen LogP contribution in [-0.4, -0.2) is 26.8 Å². The number of hydrogen-bond acceptors (Lipinski definition) is 5. The summed E-state index contributed by atoms with van der Waals surface area (Å²) in [6.07, 6.45) is 0.935. The highest BCUT2D eigenvalue weighted by Gasteiger charge is 2.32. The molecule has 0 unspecified atom stereocenters. The number of anilines is 1. The van der Waals surface area contributed by atoms with E-state index in [1.807, 2.05) is 30.3 Å². The van der Waals surface area contributed by atoms with Crippen molar-refractivity contribution in [2.75, 3.05) is 11.4 Å². The van der Waals surface area contributed by atoms with E-state index >= 15 is 0 Å². The number of nitriles is 1. The highest BCUT2D eigenvalue weighted by atomic mass is 19.1. The minimum absolute atomic E-state index is 0.257. The van der Waals surface area contributed by atoms with Gasteiger partial charge in [0.1, 0.15) is 11.9 Å². The molecule has 0 spiro atoms. The molecule has 1 aromatic heterocycles. The quantitative estimate of drug-likeness (QED) is 0.499. The fraction of sp³-hybridized carbons (Fsp3) is 0.167. The van der Waals surface area contributed by atoms with Gasteiger partial charge in [-0.1, -0.05) is 42.5 Å². The number of tetrazole rings is 1. The minimum atomic E-state index is -0.277. The molecule has 152 valence electrons. The van der Waals surface area contributed by atoms with Crippen molar-refractivity contribution in [3.05, 3.63) is 107 Å². The van der Waals surface area contributed by atoms with Crippen molar-refractivity contribution in [3.8, 4) is 6.07 Å². The largest absolute Gasteiger partial charge is 0.357 e. The van der Waals surface area contributed by atoms with Crippen LogP contribution in [0.2, 0.25) is 0 Å². The highest BCUT2D eigenvalue weighted by Crippen LogP contribution is 2.38. The van der Waals surface area contributed by atoms with E-state index < -0.39 is 0 Å². The van der Waals surface area contributed by atoms with Crippen LogP contribution in [0.5, 0.6) is 0 Å². The number of hydrogen-bond donors (Lipinski definition) is 0. The molecule has 2 heterocycles. The Hall–Kier alpha value is -4.05. The number of aromatic nitrogens is 4. The van der Waals surface area contributed by atoms with E-state index in [9.17, 15) is 9.65 Å². The molecule has 0 N–H and O–H groups in total. The van der Waals surface area contributed by atoms with Gasteiger partial charge in [-0.15, -0.1) is 5.10 Å². The first-order valence-corrected chi connectivity index (χ1v) is 10.1.